The van der Waals surface area contributed by atoms with Gasteiger partial charge in [-0.1, -0.05) is 19.1 Å². The molecule has 134 valence electrons. The lowest BCUT2D eigenvalue weighted by atomic mass is 10.2. The monoisotopic (exact) mass is 359 g/mol. The van der Waals surface area contributed by atoms with Crippen LogP contribution in [0.2, 0.25) is 0 Å². The first kappa shape index (κ1) is 19.0. The second kappa shape index (κ2) is 9.84. The minimum Gasteiger partial charge on any atom is -0.497 e. The number of nitrogens with zero attached hydrogens (tertiary/aromatic N) is 1. The number of guanidine groups is 1. The summed E-state index contributed by atoms with van der Waals surface area (Å²) in [5.74, 6) is 3.47. The third kappa shape index (κ3) is 6.23. The molecule has 0 saturated carbocycles. The van der Waals surface area contributed by atoms with Crippen molar-refractivity contribution in [2.45, 2.75) is 11.8 Å². The molecular formula is C19H25N3O2S. The molecule has 0 fully saturated rings. The molecule has 1 unspecified atom stereocenters. The van der Waals surface area contributed by atoms with Crippen LogP contribution in [0, 0.1) is 5.92 Å². The largest absolute Gasteiger partial charge is 0.497 e. The van der Waals surface area contributed by atoms with Gasteiger partial charge in [0.25, 0.3) is 0 Å². The van der Waals surface area contributed by atoms with Gasteiger partial charge in [-0.05, 0) is 42.3 Å². The topological polar surface area (TPSA) is 68.9 Å². The minimum atomic E-state index is 0.395. The molecule has 25 heavy (non-hydrogen) atoms. The van der Waals surface area contributed by atoms with Crippen molar-refractivity contribution in [2.75, 3.05) is 31.8 Å². The van der Waals surface area contributed by atoms with E-state index in [0.29, 0.717) is 18.4 Å². The Morgan fingerprint density at radius 1 is 1.12 bits per heavy atom. The molecule has 0 aliphatic rings. The normalized spacial score (nSPS) is 12.5. The van der Waals surface area contributed by atoms with E-state index in [-0.39, 0.29) is 0 Å². The summed E-state index contributed by atoms with van der Waals surface area (Å²) in [6.07, 6.45) is 0. The van der Waals surface area contributed by atoms with Crippen molar-refractivity contribution in [1.82, 2.24) is 0 Å². The van der Waals surface area contributed by atoms with E-state index in [1.807, 2.05) is 42.5 Å². The van der Waals surface area contributed by atoms with Crippen LogP contribution in [0.15, 0.2) is 58.4 Å². The Labute approximate surface area is 153 Å². The highest BCUT2D eigenvalue weighted by molar-refractivity contribution is 7.99. The predicted octanol–water partition coefficient (Wildman–Crippen LogP) is 3.86. The third-order valence-electron chi connectivity index (χ3n) is 3.53. The van der Waals surface area contributed by atoms with Crippen LogP contribution >= 0.6 is 11.8 Å². The fourth-order valence-electron chi connectivity index (χ4n) is 2.14. The Morgan fingerprint density at radius 3 is 2.52 bits per heavy atom. The van der Waals surface area contributed by atoms with E-state index in [1.165, 1.54) is 0 Å². The summed E-state index contributed by atoms with van der Waals surface area (Å²) in [4.78, 5) is 5.57. The lowest BCUT2D eigenvalue weighted by Gasteiger charge is -2.12. The van der Waals surface area contributed by atoms with Crippen LogP contribution in [0.3, 0.4) is 0 Å². The quantitative estimate of drug-likeness (QED) is 0.425. The molecular weight excluding hydrogens is 334 g/mol. The molecule has 2 aromatic rings. The first-order valence-corrected chi connectivity index (χ1v) is 9.07. The predicted molar refractivity (Wildman–Crippen MR) is 106 cm³/mol. The van der Waals surface area contributed by atoms with Crippen molar-refractivity contribution < 1.29 is 9.47 Å². The lowest BCUT2D eigenvalue weighted by molar-refractivity contribution is 0.405. The Hall–Kier alpha value is -2.34. The number of thioether (sulfide) groups is 1. The van der Waals surface area contributed by atoms with E-state index >= 15 is 0 Å². The average molecular weight is 359 g/mol. The van der Waals surface area contributed by atoms with E-state index in [4.69, 9.17) is 15.2 Å². The van der Waals surface area contributed by atoms with Crippen LogP contribution in [0.4, 0.5) is 5.69 Å². The lowest BCUT2D eigenvalue weighted by Crippen LogP contribution is -2.23. The first-order chi connectivity index (χ1) is 12.1. The van der Waals surface area contributed by atoms with Crippen molar-refractivity contribution in [3.05, 3.63) is 48.5 Å². The fraction of sp³-hybridized carbons (Fsp3) is 0.316. The van der Waals surface area contributed by atoms with E-state index in [0.717, 1.165) is 27.8 Å². The van der Waals surface area contributed by atoms with Crippen LogP contribution in [0.5, 0.6) is 11.5 Å². The van der Waals surface area contributed by atoms with E-state index < -0.39 is 0 Å². The number of anilines is 1. The van der Waals surface area contributed by atoms with Crippen LogP contribution in [-0.4, -0.2) is 32.5 Å². The Kier molecular flexibility index (Phi) is 7.47. The van der Waals surface area contributed by atoms with Gasteiger partial charge in [0.1, 0.15) is 11.5 Å². The molecule has 5 nitrogen and oxygen atoms in total. The number of methoxy groups -OCH3 is 2. The number of aliphatic imine (C=N–C) groups is 1. The second-order valence-electron chi connectivity index (χ2n) is 5.65. The van der Waals surface area contributed by atoms with Gasteiger partial charge in [0.05, 0.1) is 14.2 Å². The number of ether oxygens (including phenoxy) is 2. The Balaban J connectivity index is 1.81. The summed E-state index contributed by atoms with van der Waals surface area (Å²) in [6.45, 7) is 2.82. The van der Waals surface area contributed by atoms with Crippen molar-refractivity contribution in [2.24, 2.45) is 16.6 Å². The highest BCUT2D eigenvalue weighted by atomic mass is 32.2. The van der Waals surface area contributed by atoms with Crippen molar-refractivity contribution in [1.29, 1.82) is 0 Å². The molecule has 0 heterocycles. The highest BCUT2D eigenvalue weighted by Gasteiger charge is 2.07. The molecule has 0 aliphatic carbocycles. The summed E-state index contributed by atoms with van der Waals surface area (Å²) >= 11 is 1.77. The highest BCUT2D eigenvalue weighted by Crippen LogP contribution is 2.30. The summed E-state index contributed by atoms with van der Waals surface area (Å²) in [7, 11) is 3.33. The summed E-state index contributed by atoms with van der Waals surface area (Å²) in [5, 5.41) is 3.09. The summed E-state index contributed by atoms with van der Waals surface area (Å²) < 4.78 is 10.5. The zero-order valence-corrected chi connectivity index (χ0v) is 15.7. The maximum absolute atomic E-state index is 5.96. The SMILES string of the molecule is COc1ccc(NC(N)=NCC(C)CSc2ccccc2OC)cc1. The van der Waals surface area contributed by atoms with Crippen molar-refractivity contribution in [3.8, 4) is 11.5 Å². The van der Waals surface area contributed by atoms with Gasteiger partial charge in [-0.25, -0.2) is 0 Å². The molecule has 0 spiro atoms. The Morgan fingerprint density at radius 2 is 1.84 bits per heavy atom. The molecule has 2 rings (SSSR count). The van der Waals surface area contributed by atoms with Gasteiger partial charge in [0.2, 0.25) is 0 Å². The molecule has 1 atom stereocenters. The van der Waals surface area contributed by atoms with Crippen molar-refractivity contribution >= 4 is 23.4 Å². The van der Waals surface area contributed by atoms with E-state index in [1.54, 1.807) is 26.0 Å². The molecule has 0 saturated heterocycles. The standard InChI is InChI=1S/C19H25N3O2S/c1-14(13-25-18-7-5-4-6-17(18)24-3)12-21-19(20)22-15-8-10-16(23-2)11-9-15/h4-11,14H,12-13H2,1-3H3,(H3,20,21,22). The number of benzene rings is 2. The van der Waals surface area contributed by atoms with E-state index in [2.05, 4.69) is 23.3 Å². The van der Waals surface area contributed by atoms with Gasteiger partial charge in [-0.15, -0.1) is 11.8 Å². The molecule has 0 aromatic heterocycles. The van der Waals surface area contributed by atoms with Crippen LogP contribution in [0.25, 0.3) is 0 Å². The van der Waals surface area contributed by atoms with Crippen LogP contribution < -0.4 is 20.5 Å². The average Bonchev–Trinajstić information content (AvgIpc) is 2.65. The van der Waals surface area contributed by atoms with Gasteiger partial charge in [0, 0.05) is 22.9 Å². The maximum atomic E-state index is 5.96. The molecule has 0 amide bonds. The zero-order chi connectivity index (χ0) is 18.1. The first-order valence-electron chi connectivity index (χ1n) is 8.09. The molecule has 2 aromatic carbocycles. The van der Waals surface area contributed by atoms with Gasteiger partial charge >= 0.3 is 0 Å². The molecule has 3 N–H and O–H groups in total. The number of hydrogen-bond acceptors (Lipinski definition) is 4. The zero-order valence-electron chi connectivity index (χ0n) is 14.9. The number of nitrogens with one attached hydrogen (secondary N) is 1. The van der Waals surface area contributed by atoms with Crippen LogP contribution in [0.1, 0.15) is 6.92 Å². The van der Waals surface area contributed by atoms with Crippen LogP contribution in [-0.2, 0) is 0 Å². The molecule has 0 radical (unpaired) electrons. The number of hydrogen-bond donors (Lipinski definition) is 2. The van der Waals surface area contributed by atoms with E-state index in [9.17, 15) is 0 Å². The summed E-state index contributed by atoms with van der Waals surface area (Å²) in [5.41, 5.74) is 6.85. The van der Waals surface area contributed by atoms with Gasteiger partial charge in [-0.3, -0.25) is 4.99 Å². The van der Waals surface area contributed by atoms with Gasteiger partial charge in [0.15, 0.2) is 5.96 Å². The van der Waals surface area contributed by atoms with Crippen molar-refractivity contribution in [3.63, 3.8) is 0 Å². The Bertz CT molecular complexity index is 689. The third-order valence-corrected chi connectivity index (χ3v) is 4.91. The van der Waals surface area contributed by atoms with Gasteiger partial charge in [-0.2, -0.15) is 0 Å². The minimum absolute atomic E-state index is 0.395. The second-order valence-corrected chi connectivity index (χ2v) is 6.71. The molecule has 0 bridgehead atoms. The number of para-hydroxylation sites is 1. The maximum Gasteiger partial charge on any atom is 0.193 e. The smallest absolute Gasteiger partial charge is 0.193 e. The molecule has 6 heteroatoms. The molecule has 0 aliphatic heterocycles. The van der Waals surface area contributed by atoms with Gasteiger partial charge < -0.3 is 20.5 Å². The summed E-state index contributed by atoms with van der Waals surface area (Å²) in [6, 6.07) is 15.6. The number of nitrogens with two attached hydrogens (primary N) is 1. The number of rotatable bonds is 8. The fourth-order valence-corrected chi connectivity index (χ4v) is 3.18.